The summed E-state index contributed by atoms with van der Waals surface area (Å²) in [6, 6.07) is 3.85. The van der Waals surface area contributed by atoms with Crippen molar-refractivity contribution in [2.45, 2.75) is 25.7 Å². The third kappa shape index (κ3) is 8.31. The van der Waals surface area contributed by atoms with Gasteiger partial charge in [-0.2, -0.15) is 13.2 Å². The van der Waals surface area contributed by atoms with Gasteiger partial charge in [0.25, 0.3) is 0 Å². The first-order chi connectivity index (χ1) is 21.1. The molecule has 236 valence electrons. The second kappa shape index (κ2) is 13.0. The summed E-state index contributed by atoms with van der Waals surface area (Å²) in [7, 11) is 3.57. The number of nitrogens with one attached hydrogen (secondary N) is 2. The van der Waals surface area contributed by atoms with Crippen molar-refractivity contribution in [1.82, 2.24) is 24.5 Å². The molecule has 4 rings (SSSR count). The van der Waals surface area contributed by atoms with Crippen LogP contribution in [0.5, 0.6) is 0 Å². The number of fused-ring (bicyclic) bond motifs is 1. The number of aryl methyl sites for hydroxylation is 1. The van der Waals surface area contributed by atoms with Crippen molar-refractivity contribution >= 4 is 45.9 Å². The van der Waals surface area contributed by atoms with E-state index >= 15 is 0 Å². The molecule has 0 fully saturated rings. The number of likely N-dealkylation sites (N-methyl/N-ethyl adjacent to an activating group) is 1. The number of nitrogens with two attached hydrogens (primary N) is 1. The fraction of sp³-hybridized carbons (Fsp3) is 0.259. The molecule has 0 spiro atoms. The molecule has 0 saturated carbocycles. The van der Waals surface area contributed by atoms with Crippen LogP contribution in [0, 0.1) is 15.9 Å². The summed E-state index contributed by atoms with van der Waals surface area (Å²) in [6.07, 6.45) is 1.68. The SMILES string of the molecule is C[N+](C)(CC=CC(=O)Nc1cc2c(Nc3ccc(F)c(C(F)(F)F)c3)ncnc2cn1)Cc1c([N+](=O)[O-])ncn1CCC(N)=O. The number of nitrogens with zero attached hydrogens (tertiary/aromatic N) is 7. The lowest BCUT2D eigenvalue weighted by Crippen LogP contribution is -2.39. The molecule has 0 saturated heterocycles. The Bertz CT molecular complexity index is 1790. The molecule has 0 bridgehead atoms. The normalized spacial score (nSPS) is 12.0. The van der Waals surface area contributed by atoms with Crippen molar-refractivity contribution in [3.05, 3.63) is 82.5 Å². The maximum atomic E-state index is 13.7. The number of anilines is 3. The Kier molecular flexibility index (Phi) is 9.36. The molecule has 2 amide bonds. The molecular formula is C27H27F4N10O4+. The van der Waals surface area contributed by atoms with Crippen LogP contribution in [-0.4, -0.2) is 66.4 Å². The van der Waals surface area contributed by atoms with Crippen LogP contribution in [0.4, 0.5) is 40.7 Å². The number of aromatic nitrogens is 5. The lowest BCUT2D eigenvalue weighted by atomic mass is 10.1. The molecule has 14 nitrogen and oxygen atoms in total. The molecule has 0 radical (unpaired) electrons. The zero-order valence-corrected chi connectivity index (χ0v) is 23.9. The van der Waals surface area contributed by atoms with Gasteiger partial charge in [-0.05, 0) is 40.2 Å². The lowest BCUT2D eigenvalue weighted by molar-refractivity contribution is -0.898. The van der Waals surface area contributed by atoms with Crippen molar-refractivity contribution in [2.75, 3.05) is 31.3 Å². The largest absolute Gasteiger partial charge is 0.419 e. The van der Waals surface area contributed by atoms with E-state index in [4.69, 9.17) is 5.73 Å². The van der Waals surface area contributed by atoms with Gasteiger partial charge in [-0.1, -0.05) is 0 Å². The molecule has 3 heterocycles. The molecule has 4 N–H and O–H groups in total. The number of hydrogen-bond donors (Lipinski definition) is 3. The zero-order valence-electron chi connectivity index (χ0n) is 23.9. The Balaban J connectivity index is 1.45. The number of nitro groups is 1. The van der Waals surface area contributed by atoms with E-state index in [0.717, 1.165) is 6.07 Å². The highest BCUT2D eigenvalue weighted by Gasteiger charge is 2.34. The highest BCUT2D eigenvalue weighted by atomic mass is 19.4. The number of carbonyl (C=O) groups is 2. The standard InChI is InChI=1S/C27H26F4N10O4/c1-41(2,13-21-26(40(44)45)36-15-39(21)8-7-22(32)42)9-3-4-24(43)38-23-11-17-20(12-33-23)34-14-35-25(17)37-16-5-6-19(28)18(10-16)27(29,30)31/h3-6,10-12,14-15H,7-9,13H2,1-2H3,(H3-,32,33,34,35,37,38,42,43)/p+1. The van der Waals surface area contributed by atoms with Crippen molar-refractivity contribution in [2.24, 2.45) is 5.73 Å². The first-order valence-corrected chi connectivity index (χ1v) is 13.1. The number of quaternary nitrogens is 1. The minimum absolute atomic E-state index is 0.0221. The van der Waals surface area contributed by atoms with Crippen LogP contribution in [0.25, 0.3) is 10.9 Å². The summed E-state index contributed by atoms with van der Waals surface area (Å²) in [5, 5.41) is 17.1. The second-order valence-electron chi connectivity index (χ2n) is 10.5. The van der Waals surface area contributed by atoms with E-state index in [9.17, 15) is 37.3 Å². The first-order valence-electron chi connectivity index (χ1n) is 13.1. The number of carbonyl (C=O) groups excluding carboxylic acids is 2. The van der Waals surface area contributed by atoms with E-state index in [-0.39, 0.29) is 53.7 Å². The maximum absolute atomic E-state index is 13.7. The molecule has 0 unspecified atom stereocenters. The predicted molar refractivity (Wildman–Crippen MR) is 153 cm³/mol. The minimum Gasteiger partial charge on any atom is -0.370 e. The van der Waals surface area contributed by atoms with Gasteiger partial charge < -0.3 is 35.5 Å². The predicted octanol–water partition coefficient (Wildman–Crippen LogP) is 3.68. The number of amides is 2. The second-order valence-corrected chi connectivity index (χ2v) is 10.5. The Morgan fingerprint density at radius 2 is 1.91 bits per heavy atom. The fourth-order valence-electron chi connectivity index (χ4n) is 4.30. The number of hydrogen-bond acceptors (Lipinski definition) is 9. The average molecular weight is 632 g/mol. The maximum Gasteiger partial charge on any atom is 0.419 e. The van der Waals surface area contributed by atoms with E-state index in [0.29, 0.717) is 28.7 Å². The molecule has 0 atom stereocenters. The number of pyridine rings is 1. The zero-order chi connectivity index (χ0) is 32.9. The Morgan fingerprint density at radius 1 is 1.16 bits per heavy atom. The van der Waals surface area contributed by atoms with E-state index in [1.165, 1.54) is 35.6 Å². The van der Waals surface area contributed by atoms with Crippen LogP contribution >= 0.6 is 0 Å². The van der Waals surface area contributed by atoms with Crippen LogP contribution in [0.2, 0.25) is 0 Å². The molecule has 18 heteroatoms. The lowest BCUT2D eigenvalue weighted by Gasteiger charge is -2.28. The molecule has 45 heavy (non-hydrogen) atoms. The van der Waals surface area contributed by atoms with Gasteiger partial charge in [0.2, 0.25) is 18.1 Å². The van der Waals surface area contributed by atoms with Crippen LogP contribution in [-0.2, 0) is 28.9 Å². The van der Waals surface area contributed by atoms with E-state index in [1.807, 2.05) is 0 Å². The highest BCUT2D eigenvalue weighted by Crippen LogP contribution is 2.34. The van der Waals surface area contributed by atoms with Crippen molar-refractivity contribution in [1.29, 1.82) is 0 Å². The molecule has 0 aliphatic rings. The fourth-order valence-corrected chi connectivity index (χ4v) is 4.30. The van der Waals surface area contributed by atoms with Crippen molar-refractivity contribution in [3.8, 4) is 0 Å². The Labute approximate surface area is 252 Å². The smallest absolute Gasteiger partial charge is 0.370 e. The highest BCUT2D eigenvalue weighted by molar-refractivity contribution is 6.00. The van der Waals surface area contributed by atoms with Crippen LogP contribution < -0.4 is 16.4 Å². The summed E-state index contributed by atoms with van der Waals surface area (Å²) >= 11 is 0. The Morgan fingerprint density at radius 3 is 2.60 bits per heavy atom. The van der Waals surface area contributed by atoms with Gasteiger partial charge >= 0.3 is 12.0 Å². The molecule has 1 aromatic carbocycles. The number of halogens is 4. The van der Waals surface area contributed by atoms with Gasteiger partial charge in [-0.3, -0.25) is 9.59 Å². The summed E-state index contributed by atoms with van der Waals surface area (Å²) in [6.45, 7) is 0.557. The van der Waals surface area contributed by atoms with Gasteiger partial charge in [-0.15, -0.1) is 0 Å². The van der Waals surface area contributed by atoms with Crippen LogP contribution in [0.3, 0.4) is 0 Å². The van der Waals surface area contributed by atoms with Crippen LogP contribution in [0.1, 0.15) is 17.7 Å². The molecule has 0 aliphatic heterocycles. The number of rotatable bonds is 12. The van der Waals surface area contributed by atoms with Gasteiger partial charge in [0.15, 0.2) is 5.69 Å². The number of benzene rings is 1. The van der Waals surface area contributed by atoms with Gasteiger partial charge in [-0.25, -0.2) is 19.3 Å². The molecule has 3 aromatic heterocycles. The molecule has 4 aromatic rings. The summed E-state index contributed by atoms with van der Waals surface area (Å²) in [5.74, 6) is -2.69. The first kappa shape index (κ1) is 32.4. The Hall–Kier alpha value is -5.52. The van der Waals surface area contributed by atoms with E-state index in [1.54, 1.807) is 20.2 Å². The quantitative estimate of drug-likeness (QED) is 0.0690. The number of primary amides is 1. The van der Waals surface area contributed by atoms with Crippen molar-refractivity contribution < 1.29 is 36.6 Å². The van der Waals surface area contributed by atoms with Crippen molar-refractivity contribution in [3.63, 3.8) is 0 Å². The summed E-state index contributed by atoms with van der Waals surface area (Å²) in [4.78, 5) is 50.8. The monoisotopic (exact) mass is 631 g/mol. The van der Waals surface area contributed by atoms with E-state index < -0.39 is 34.3 Å². The summed E-state index contributed by atoms with van der Waals surface area (Å²) < 4.78 is 54.9. The number of alkyl halides is 3. The molecule has 0 aliphatic carbocycles. The third-order valence-corrected chi connectivity index (χ3v) is 6.45. The topological polar surface area (TPSA) is 184 Å². The van der Waals surface area contributed by atoms with Gasteiger partial charge in [0.1, 0.15) is 30.3 Å². The number of imidazole rings is 1. The third-order valence-electron chi connectivity index (χ3n) is 6.45. The van der Waals surface area contributed by atoms with Gasteiger partial charge in [0, 0.05) is 30.1 Å². The average Bonchev–Trinajstić information content (AvgIpc) is 3.34. The van der Waals surface area contributed by atoms with Gasteiger partial charge in [0.05, 0.1) is 37.9 Å². The minimum atomic E-state index is -4.90. The van der Waals surface area contributed by atoms with Crippen LogP contribution in [0.15, 0.2) is 55.3 Å². The van der Waals surface area contributed by atoms with E-state index in [2.05, 4.69) is 30.6 Å². The molecular weight excluding hydrogens is 604 g/mol. The summed E-state index contributed by atoms with van der Waals surface area (Å²) in [5.41, 5.74) is 4.31.